The highest BCUT2D eigenvalue weighted by atomic mass is 19.1. The SMILES string of the molecule is Cc1ccc(F)cc1NC(=O)C1=NNC(=O)CC1. The lowest BCUT2D eigenvalue weighted by Crippen LogP contribution is -2.32. The molecular weight excluding hydrogens is 237 g/mol. The van der Waals surface area contributed by atoms with E-state index in [4.69, 9.17) is 0 Å². The van der Waals surface area contributed by atoms with Crippen molar-refractivity contribution in [3.8, 4) is 0 Å². The average molecular weight is 249 g/mol. The number of aryl methyl sites for hydroxylation is 1. The molecule has 0 aromatic heterocycles. The monoisotopic (exact) mass is 249 g/mol. The van der Waals surface area contributed by atoms with Crippen molar-refractivity contribution in [1.82, 2.24) is 5.43 Å². The van der Waals surface area contributed by atoms with Crippen LogP contribution >= 0.6 is 0 Å². The summed E-state index contributed by atoms with van der Waals surface area (Å²) in [5.74, 6) is -1.06. The molecule has 1 aliphatic heterocycles. The Kier molecular flexibility index (Phi) is 3.36. The summed E-state index contributed by atoms with van der Waals surface area (Å²) >= 11 is 0. The highest BCUT2D eigenvalue weighted by molar-refractivity contribution is 6.43. The number of carbonyl (C=O) groups excluding carboxylic acids is 2. The highest BCUT2D eigenvalue weighted by Gasteiger charge is 2.18. The summed E-state index contributed by atoms with van der Waals surface area (Å²) in [4.78, 5) is 22.7. The van der Waals surface area contributed by atoms with Crippen LogP contribution in [0.1, 0.15) is 18.4 Å². The van der Waals surface area contributed by atoms with Crippen molar-refractivity contribution in [3.63, 3.8) is 0 Å². The van der Waals surface area contributed by atoms with Gasteiger partial charge >= 0.3 is 0 Å². The minimum absolute atomic E-state index is 0.214. The number of nitrogens with zero attached hydrogens (tertiary/aromatic N) is 1. The lowest BCUT2D eigenvalue weighted by molar-refractivity contribution is -0.121. The molecule has 0 bridgehead atoms. The smallest absolute Gasteiger partial charge is 0.271 e. The van der Waals surface area contributed by atoms with Crippen LogP contribution in [0.4, 0.5) is 10.1 Å². The van der Waals surface area contributed by atoms with E-state index in [0.29, 0.717) is 5.69 Å². The van der Waals surface area contributed by atoms with Crippen molar-refractivity contribution in [3.05, 3.63) is 29.6 Å². The molecule has 2 amide bonds. The molecule has 1 aromatic carbocycles. The van der Waals surface area contributed by atoms with Gasteiger partial charge in [0.25, 0.3) is 5.91 Å². The van der Waals surface area contributed by atoms with E-state index in [1.807, 2.05) is 0 Å². The van der Waals surface area contributed by atoms with Crippen LogP contribution in [0.15, 0.2) is 23.3 Å². The maximum Gasteiger partial charge on any atom is 0.271 e. The Morgan fingerprint density at radius 1 is 1.44 bits per heavy atom. The predicted octanol–water partition coefficient (Wildman–Crippen LogP) is 1.34. The van der Waals surface area contributed by atoms with Gasteiger partial charge in [-0.2, -0.15) is 5.10 Å². The van der Waals surface area contributed by atoms with Gasteiger partial charge in [-0.25, -0.2) is 9.82 Å². The number of hydrazone groups is 1. The summed E-state index contributed by atoms with van der Waals surface area (Å²) in [6, 6.07) is 4.15. The third-order valence-electron chi connectivity index (χ3n) is 2.61. The van der Waals surface area contributed by atoms with E-state index in [1.165, 1.54) is 12.1 Å². The van der Waals surface area contributed by atoms with Crippen LogP contribution in [0, 0.1) is 12.7 Å². The van der Waals surface area contributed by atoms with Crippen LogP contribution in [-0.2, 0) is 9.59 Å². The Balaban J connectivity index is 2.12. The Labute approximate surface area is 103 Å². The Morgan fingerprint density at radius 3 is 2.89 bits per heavy atom. The molecule has 0 spiro atoms. The molecule has 0 radical (unpaired) electrons. The zero-order valence-electron chi connectivity index (χ0n) is 9.79. The van der Waals surface area contributed by atoms with Crippen LogP contribution in [-0.4, -0.2) is 17.5 Å². The normalized spacial score (nSPS) is 14.8. The van der Waals surface area contributed by atoms with Gasteiger partial charge in [0, 0.05) is 18.5 Å². The molecule has 1 heterocycles. The fourth-order valence-electron chi connectivity index (χ4n) is 1.56. The maximum atomic E-state index is 13.1. The first-order chi connectivity index (χ1) is 8.56. The van der Waals surface area contributed by atoms with Gasteiger partial charge in [0.1, 0.15) is 11.5 Å². The van der Waals surface area contributed by atoms with Gasteiger partial charge in [0.2, 0.25) is 5.91 Å². The summed E-state index contributed by atoms with van der Waals surface area (Å²) in [5, 5.41) is 6.24. The first kappa shape index (κ1) is 12.2. The molecule has 0 aliphatic carbocycles. The van der Waals surface area contributed by atoms with E-state index in [1.54, 1.807) is 13.0 Å². The molecule has 1 aromatic rings. The van der Waals surface area contributed by atoms with Crippen molar-refractivity contribution < 1.29 is 14.0 Å². The minimum Gasteiger partial charge on any atom is -0.321 e. The Bertz CT molecular complexity index is 540. The van der Waals surface area contributed by atoms with Crippen molar-refractivity contribution in [1.29, 1.82) is 0 Å². The third kappa shape index (κ3) is 2.71. The lowest BCUT2D eigenvalue weighted by Gasteiger charge is -2.13. The molecule has 1 aliphatic rings. The molecule has 2 rings (SSSR count). The van der Waals surface area contributed by atoms with E-state index in [2.05, 4.69) is 15.8 Å². The second-order valence-electron chi connectivity index (χ2n) is 4.01. The molecule has 0 fully saturated rings. The quantitative estimate of drug-likeness (QED) is 0.830. The van der Waals surface area contributed by atoms with E-state index in [9.17, 15) is 14.0 Å². The first-order valence-electron chi connectivity index (χ1n) is 5.49. The first-order valence-corrected chi connectivity index (χ1v) is 5.49. The zero-order chi connectivity index (χ0) is 13.1. The van der Waals surface area contributed by atoms with Gasteiger partial charge in [-0.15, -0.1) is 0 Å². The molecule has 0 saturated heterocycles. The minimum atomic E-state index is -0.427. The third-order valence-corrected chi connectivity index (χ3v) is 2.61. The van der Waals surface area contributed by atoms with Gasteiger partial charge in [-0.3, -0.25) is 9.59 Å². The van der Waals surface area contributed by atoms with Crippen LogP contribution in [0.3, 0.4) is 0 Å². The van der Waals surface area contributed by atoms with Gasteiger partial charge in [-0.05, 0) is 24.6 Å². The molecule has 6 heteroatoms. The van der Waals surface area contributed by atoms with Gasteiger partial charge < -0.3 is 5.32 Å². The average Bonchev–Trinajstić information content (AvgIpc) is 2.34. The molecule has 2 N–H and O–H groups in total. The van der Waals surface area contributed by atoms with Gasteiger partial charge in [0.05, 0.1) is 0 Å². The number of rotatable bonds is 2. The second kappa shape index (κ2) is 4.95. The molecule has 0 atom stereocenters. The number of anilines is 1. The fourth-order valence-corrected chi connectivity index (χ4v) is 1.56. The standard InChI is InChI=1S/C12H12FN3O2/c1-7-2-3-8(13)6-10(7)14-12(18)9-4-5-11(17)16-15-9/h2-3,6H,4-5H2,1H3,(H,14,18)(H,16,17). The number of hydrogen-bond acceptors (Lipinski definition) is 3. The Morgan fingerprint density at radius 2 is 2.22 bits per heavy atom. The lowest BCUT2D eigenvalue weighted by atomic mass is 10.1. The number of nitrogens with one attached hydrogen (secondary N) is 2. The number of amides is 2. The summed E-state index contributed by atoms with van der Waals surface area (Å²) in [7, 11) is 0. The number of halogens is 1. The Hall–Kier alpha value is -2.24. The summed E-state index contributed by atoms with van der Waals surface area (Å²) < 4.78 is 13.1. The van der Waals surface area contributed by atoms with Crippen molar-refractivity contribution >= 4 is 23.2 Å². The molecular formula is C12H12FN3O2. The van der Waals surface area contributed by atoms with Crippen molar-refractivity contribution in [2.75, 3.05) is 5.32 Å². The zero-order valence-corrected chi connectivity index (χ0v) is 9.79. The topological polar surface area (TPSA) is 70.6 Å². The van der Waals surface area contributed by atoms with Crippen LogP contribution in [0.25, 0.3) is 0 Å². The van der Waals surface area contributed by atoms with Gasteiger partial charge in [-0.1, -0.05) is 6.07 Å². The van der Waals surface area contributed by atoms with E-state index >= 15 is 0 Å². The van der Waals surface area contributed by atoms with Gasteiger partial charge in [0.15, 0.2) is 0 Å². The predicted molar refractivity (Wildman–Crippen MR) is 64.6 cm³/mol. The number of benzene rings is 1. The molecule has 0 saturated carbocycles. The number of hydrogen-bond donors (Lipinski definition) is 2. The second-order valence-corrected chi connectivity index (χ2v) is 4.01. The largest absolute Gasteiger partial charge is 0.321 e. The fraction of sp³-hybridized carbons (Fsp3) is 0.250. The van der Waals surface area contributed by atoms with Crippen LogP contribution in [0.5, 0.6) is 0 Å². The van der Waals surface area contributed by atoms with Crippen molar-refractivity contribution in [2.24, 2.45) is 5.10 Å². The van der Waals surface area contributed by atoms with Crippen LogP contribution in [0.2, 0.25) is 0 Å². The molecule has 0 unspecified atom stereocenters. The van der Waals surface area contributed by atoms with Crippen LogP contribution < -0.4 is 10.7 Å². The molecule has 94 valence electrons. The summed E-state index contributed by atoms with van der Waals surface area (Å²) in [6.07, 6.45) is 0.514. The molecule has 18 heavy (non-hydrogen) atoms. The summed E-state index contributed by atoms with van der Waals surface area (Å²) in [5.41, 5.74) is 3.63. The highest BCUT2D eigenvalue weighted by Crippen LogP contribution is 2.16. The summed E-state index contributed by atoms with van der Waals surface area (Å²) in [6.45, 7) is 1.76. The maximum absolute atomic E-state index is 13.1. The van der Waals surface area contributed by atoms with E-state index in [-0.39, 0.29) is 24.5 Å². The van der Waals surface area contributed by atoms with E-state index in [0.717, 1.165) is 5.56 Å². The van der Waals surface area contributed by atoms with E-state index < -0.39 is 11.7 Å². The number of carbonyl (C=O) groups is 2. The van der Waals surface area contributed by atoms with Crippen molar-refractivity contribution in [2.45, 2.75) is 19.8 Å². The molecule has 5 nitrogen and oxygen atoms in total.